The maximum absolute atomic E-state index is 11.7. The fourth-order valence-corrected chi connectivity index (χ4v) is 1.90. The van der Waals surface area contributed by atoms with Gasteiger partial charge in [-0.25, -0.2) is 0 Å². The molecule has 0 N–H and O–H groups in total. The molecule has 16 heavy (non-hydrogen) atoms. The second kappa shape index (κ2) is 5.50. The molecule has 2 nitrogen and oxygen atoms in total. The molecule has 1 aromatic rings. The summed E-state index contributed by atoms with van der Waals surface area (Å²) in [6, 6.07) is 10.1. The van der Waals surface area contributed by atoms with Gasteiger partial charge in [0.2, 0.25) is 5.91 Å². The molecule has 1 aliphatic rings. The smallest absolute Gasteiger partial charge is 0.226 e. The number of hydrogen-bond acceptors (Lipinski definition) is 1. The summed E-state index contributed by atoms with van der Waals surface area (Å²) in [6.45, 7) is 0.863. The Morgan fingerprint density at radius 2 is 1.88 bits per heavy atom. The predicted octanol–water partition coefficient (Wildman–Crippen LogP) is 3.06. The highest BCUT2D eigenvalue weighted by Gasteiger charge is 2.13. The molecule has 1 heterocycles. The van der Waals surface area contributed by atoms with Gasteiger partial charge in [0.1, 0.15) is 0 Å². The Morgan fingerprint density at radius 3 is 2.69 bits per heavy atom. The van der Waals surface area contributed by atoms with Crippen molar-refractivity contribution >= 4 is 12.0 Å². The van der Waals surface area contributed by atoms with Gasteiger partial charge in [0.15, 0.2) is 0 Å². The number of likely N-dealkylation sites (tertiary alicyclic amines) is 1. The SMILES string of the molecule is O=C1CCCCCN1C=Cc1ccccc1. The van der Waals surface area contributed by atoms with Crippen LogP contribution < -0.4 is 0 Å². The number of carbonyl (C=O) groups excluding carboxylic acids is 1. The van der Waals surface area contributed by atoms with Crippen LogP contribution in [0.3, 0.4) is 0 Å². The molecule has 0 radical (unpaired) electrons. The Bertz CT molecular complexity index is 370. The standard InChI is InChI=1S/C14H17NO/c16-14-9-5-2-6-11-15(14)12-10-13-7-3-1-4-8-13/h1,3-4,7-8,10,12H,2,5-6,9,11H2. The van der Waals surface area contributed by atoms with Crippen LogP contribution in [0.2, 0.25) is 0 Å². The molecule has 2 heteroatoms. The Balaban J connectivity index is 2.02. The summed E-state index contributed by atoms with van der Waals surface area (Å²) in [7, 11) is 0. The van der Waals surface area contributed by atoms with Gasteiger partial charge in [0.25, 0.3) is 0 Å². The average Bonchev–Trinajstić information content (AvgIpc) is 2.53. The molecular formula is C14H17NO. The molecule has 1 aromatic carbocycles. The van der Waals surface area contributed by atoms with Crippen molar-refractivity contribution in [1.29, 1.82) is 0 Å². The van der Waals surface area contributed by atoms with E-state index in [1.807, 2.05) is 47.5 Å². The van der Waals surface area contributed by atoms with Gasteiger partial charge in [-0.1, -0.05) is 36.8 Å². The molecule has 1 fully saturated rings. The topological polar surface area (TPSA) is 20.3 Å². The van der Waals surface area contributed by atoms with Crippen LogP contribution >= 0.6 is 0 Å². The molecule has 0 bridgehead atoms. The summed E-state index contributed by atoms with van der Waals surface area (Å²) in [4.78, 5) is 13.6. The normalized spacial score (nSPS) is 17.8. The summed E-state index contributed by atoms with van der Waals surface area (Å²) in [5, 5.41) is 0. The van der Waals surface area contributed by atoms with E-state index in [1.54, 1.807) is 0 Å². The summed E-state index contributed by atoms with van der Waals surface area (Å²) >= 11 is 0. The maximum Gasteiger partial charge on any atom is 0.226 e. The van der Waals surface area contributed by atoms with Crippen molar-refractivity contribution in [2.45, 2.75) is 25.7 Å². The third-order valence-corrected chi connectivity index (χ3v) is 2.86. The van der Waals surface area contributed by atoms with Crippen molar-refractivity contribution in [1.82, 2.24) is 4.90 Å². The third kappa shape index (κ3) is 2.96. The van der Waals surface area contributed by atoms with Gasteiger partial charge in [-0.3, -0.25) is 4.79 Å². The molecule has 0 unspecified atom stereocenters. The fraction of sp³-hybridized carbons (Fsp3) is 0.357. The molecular weight excluding hydrogens is 198 g/mol. The number of rotatable bonds is 2. The maximum atomic E-state index is 11.7. The van der Waals surface area contributed by atoms with Crippen LogP contribution in [-0.2, 0) is 4.79 Å². The highest BCUT2D eigenvalue weighted by atomic mass is 16.2. The lowest BCUT2D eigenvalue weighted by molar-refractivity contribution is -0.128. The van der Waals surface area contributed by atoms with E-state index in [0.29, 0.717) is 6.42 Å². The molecule has 0 saturated carbocycles. The lowest BCUT2D eigenvalue weighted by Gasteiger charge is -2.14. The minimum absolute atomic E-state index is 0.254. The Labute approximate surface area is 96.6 Å². The van der Waals surface area contributed by atoms with Crippen molar-refractivity contribution < 1.29 is 4.79 Å². The van der Waals surface area contributed by atoms with E-state index in [1.165, 1.54) is 6.42 Å². The van der Waals surface area contributed by atoms with Crippen LogP contribution in [0.5, 0.6) is 0 Å². The first-order chi connectivity index (χ1) is 7.86. The Hall–Kier alpha value is -1.57. The van der Waals surface area contributed by atoms with Gasteiger partial charge >= 0.3 is 0 Å². The van der Waals surface area contributed by atoms with Gasteiger partial charge in [-0.2, -0.15) is 0 Å². The Kier molecular flexibility index (Phi) is 3.76. The Morgan fingerprint density at radius 1 is 1.06 bits per heavy atom. The van der Waals surface area contributed by atoms with Crippen molar-refractivity contribution in [3.8, 4) is 0 Å². The van der Waals surface area contributed by atoms with E-state index >= 15 is 0 Å². The van der Waals surface area contributed by atoms with Crippen LogP contribution in [0.15, 0.2) is 36.5 Å². The summed E-state index contributed by atoms with van der Waals surface area (Å²) in [6.07, 6.45) is 7.94. The monoisotopic (exact) mass is 215 g/mol. The highest BCUT2D eigenvalue weighted by molar-refractivity contribution is 5.78. The van der Waals surface area contributed by atoms with Gasteiger partial charge in [0.05, 0.1) is 0 Å². The molecule has 1 saturated heterocycles. The highest BCUT2D eigenvalue weighted by Crippen LogP contribution is 2.12. The number of amides is 1. The fourth-order valence-electron chi connectivity index (χ4n) is 1.90. The summed E-state index contributed by atoms with van der Waals surface area (Å²) in [5.41, 5.74) is 1.14. The minimum atomic E-state index is 0.254. The predicted molar refractivity (Wildman–Crippen MR) is 65.7 cm³/mol. The molecule has 1 aliphatic heterocycles. The zero-order valence-electron chi connectivity index (χ0n) is 9.43. The van der Waals surface area contributed by atoms with Crippen LogP contribution in [0.1, 0.15) is 31.2 Å². The first-order valence-electron chi connectivity index (χ1n) is 5.89. The lowest BCUT2D eigenvalue weighted by Crippen LogP contribution is -2.24. The van der Waals surface area contributed by atoms with Crippen molar-refractivity contribution in [3.05, 3.63) is 42.1 Å². The van der Waals surface area contributed by atoms with Crippen LogP contribution in [-0.4, -0.2) is 17.4 Å². The molecule has 84 valence electrons. The summed E-state index contributed by atoms with van der Waals surface area (Å²) < 4.78 is 0. The van der Waals surface area contributed by atoms with E-state index in [2.05, 4.69) is 0 Å². The van der Waals surface area contributed by atoms with E-state index in [9.17, 15) is 4.79 Å². The van der Waals surface area contributed by atoms with E-state index in [-0.39, 0.29) is 5.91 Å². The molecule has 0 atom stereocenters. The summed E-state index contributed by atoms with van der Waals surface area (Å²) in [5.74, 6) is 0.254. The number of carbonyl (C=O) groups is 1. The van der Waals surface area contributed by atoms with Gasteiger partial charge in [-0.15, -0.1) is 0 Å². The molecule has 2 rings (SSSR count). The first-order valence-corrected chi connectivity index (χ1v) is 5.89. The van der Waals surface area contributed by atoms with Crippen molar-refractivity contribution in [2.75, 3.05) is 6.54 Å². The average molecular weight is 215 g/mol. The van der Waals surface area contributed by atoms with E-state index < -0.39 is 0 Å². The van der Waals surface area contributed by atoms with Crippen molar-refractivity contribution in [2.24, 2.45) is 0 Å². The van der Waals surface area contributed by atoms with Crippen LogP contribution in [0.25, 0.3) is 6.08 Å². The number of hydrogen-bond donors (Lipinski definition) is 0. The van der Waals surface area contributed by atoms with Crippen LogP contribution in [0.4, 0.5) is 0 Å². The molecule has 0 aliphatic carbocycles. The number of nitrogens with zero attached hydrogens (tertiary/aromatic N) is 1. The third-order valence-electron chi connectivity index (χ3n) is 2.86. The van der Waals surface area contributed by atoms with Gasteiger partial charge in [-0.05, 0) is 24.5 Å². The van der Waals surface area contributed by atoms with E-state index in [4.69, 9.17) is 0 Å². The van der Waals surface area contributed by atoms with Crippen LogP contribution in [0, 0.1) is 0 Å². The molecule has 1 amide bonds. The lowest BCUT2D eigenvalue weighted by atomic mass is 10.2. The molecule has 0 spiro atoms. The second-order valence-electron chi connectivity index (χ2n) is 4.12. The van der Waals surface area contributed by atoms with Gasteiger partial charge in [0, 0.05) is 19.2 Å². The van der Waals surface area contributed by atoms with Gasteiger partial charge < -0.3 is 4.90 Å². The number of benzene rings is 1. The van der Waals surface area contributed by atoms with E-state index in [0.717, 1.165) is 24.9 Å². The second-order valence-corrected chi connectivity index (χ2v) is 4.12. The van der Waals surface area contributed by atoms with Crippen molar-refractivity contribution in [3.63, 3.8) is 0 Å². The quantitative estimate of drug-likeness (QED) is 0.742. The largest absolute Gasteiger partial charge is 0.319 e. The first kappa shape index (κ1) is 10.9. The zero-order chi connectivity index (χ0) is 11.2. The molecule has 0 aromatic heterocycles. The zero-order valence-corrected chi connectivity index (χ0v) is 9.43. The minimum Gasteiger partial charge on any atom is -0.319 e.